The van der Waals surface area contributed by atoms with Gasteiger partial charge in [0.05, 0.1) is 36.5 Å². The Kier molecular flexibility index (Phi) is 41.6. The normalized spacial score (nSPS) is 28.9. The number of nitrogens with zero attached hydrogens (tertiary/aromatic N) is 9. The van der Waals surface area contributed by atoms with E-state index in [1.807, 2.05) is 37.3 Å². The number of alkyl halides is 14. The van der Waals surface area contributed by atoms with Crippen molar-refractivity contribution in [1.82, 2.24) is 31.9 Å². The number of carbonyl (C=O) groups is 5. The number of hydrogen-bond donors (Lipinski definition) is 12. The number of halogens is 14. The Morgan fingerprint density at radius 3 is 1.14 bits per heavy atom. The van der Waals surface area contributed by atoms with Gasteiger partial charge in [-0.3, -0.25) is 4.18 Å². The van der Waals surface area contributed by atoms with Gasteiger partial charge in [-0.25, -0.2) is 85.4 Å². The summed E-state index contributed by atoms with van der Waals surface area (Å²) in [6.07, 6.45) is -9.92. The van der Waals surface area contributed by atoms with E-state index in [4.69, 9.17) is 51.1 Å². The highest BCUT2D eigenvalue weighted by molar-refractivity contribution is 7.86. The SMILES string of the molecule is CC(C)(C)OC(=O)N[C@H]1CCCC(F)(F)[C@@H]1O.CC(C)(C)OC(=O)N[C@H]1CCCC(F)(F)[C@@H]1OS(C)(=O)=O.CC(C)(C)OC(=O)N[C@H]1CCCC(F)(F)[C@@]1(O)N=[N+]=[N-].CC(C)(C)OC(=O)N[C@H]1CCCC(F)(F)[C@@]1(O)N=[N+]=[N-].CC(C)(C)OC(=O)N[C@H]1[C@H](N=[N+]=[N-])CCCC1(F)F.C[C@@H](N[C@H]1CCCC(F)(F)[C@@H]1O)c1ccccc1.N[C@H]1CCCC(F)(F)[C@@H]1O. The van der Waals surface area contributed by atoms with E-state index in [0.717, 1.165) is 5.56 Å². The minimum absolute atomic E-state index is 0.0419. The molecule has 0 aliphatic heterocycles. The molecule has 0 bridgehead atoms. The Morgan fingerprint density at radius 1 is 0.448 bits per heavy atom. The molecular weight excluding hydrogens is 1720 g/mol. The van der Waals surface area contributed by atoms with Crippen molar-refractivity contribution >= 4 is 40.6 Å². The van der Waals surface area contributed by atoms with E-state index < -0.39 is 214 Å². The highest BCUT2D eigenvalue weighted by Gasteiger charge is 2.62. The number of rotatable bonds is 13. The molecule has 0 spiro atoms. The van der Waals surface area contributed by atoms with Crippen LogP contribution in [0.5, 0.6) is 0 Å². The highest BCUT2D eigenvalue weighted by Crippen LogP contribution is 2.46. The number of nitrogens with one attached hydrogen (secondary N) is 6. The number of aliphatic hydroxyl groups is 5. The molecule has 1 aromatic rings. The lowest BCUT2D eigenvalue weighted by atomic mass is 9.84. The molecule has 15 atom stereocenters. The van der Waals surface area contributed by atoms with Crippen molar-refractivity contribution in [2.24, 2.45) is 21.1 Å². The van der Waals surface area contributed by atoms with E-state index in [-0.39, 0.29) is 83.1 Å². The van der Waals surface area contributed by atoms with Crippen LogP contribution in [-0.2, 0) is 38.0 Å². The second-order valence-electron chi connectivity index (χ2n) is 36.2. The van der Waals surface area contributed by atoms with Crippen LogP contribution >= 0.6 is 0 Å². The molecule has 8 rings (SSSR count). The topological polar surface area (TPSA) is 520 Å². The van der Waals surface area contributed by atoms with E-state index in [2.05, 4.69) is 66.2 Å². The van der Waals surface area contributed by atoms with Crippen LogP contribution in [0.15, 0.2) is 45.7 Å². The van der Waals surface area contributed by atoms with E-state index in [0.29, 0.717) is 44.8 Å². The molecule has 0 saturated heterocycles. The Bertz CT molecular complexity index is 3810. The summed E-state index contributed by atoms with van der Waals surface area (Å²) in [7, 11) is -4.07. The van der Waals surface area contributed by atoms with Crippen molar-refractivity contribution in [3.8, 4) is 0 Å². The predicted octanol–water partition coefficient (Wildman–Crippen LogP) is 16.3. The Labute approximate surface area is 717 Å². The van der Waals surface area contributed by atoms with Gasteiger partial charge in [0.25, 0.3) is 51.6 Å². The molecule has 13 N–H and O–H groups in total. The molecule has 34 nitrogen and oxygen atoms in total. The molecule has 1 aromatic carbocycles. The molecule has 720 valence electrons. The maximum atomic E-state index is 13.9. The van der Waals surface area contributed by atoms with Crippen molar-refractivity contribution in [3.05, 3.63) is 67.2 Å². The number of hydrogen-bond acceptors (Lipinski definition) is 23. The molecule has 5 amide bonds. The van der Waals surface area contributed by atoms with E-state index in [9.17, 15) is 114 Å². The first-order valence-electron chi connectivity index (χ1n) is 40.4. The average Bonchev–Trinajstić information content (AvgIpc) is 0.765. The number of carbonyl (C=O) groups excluding carboxylic acids is 5. The summed E-state index contributed by atoms with van der Waals surface area (Å²) < 4.78 is 240. The third-order valence-corrected chi connectivity index (χ3v) is 19.9. The molecular formula is C76H124F14N16O18S. The van der Waals surface area contributed by atoms with E-state index in [1.165, 1.54) is 0 Å². The van der Waals surface area contributed by atoms with Crippen LogP contribution in [0.1, 0.15) is 257 Å². The quantitative estimate of drug-likeness (QED) is 0.0218. The number of azide groups is 3. The fourth-order valence-corrected chi connectivity index (χ4v) is 14.2. The van der Waals surface area contributed by atoms with E-state index >= 15 is 0 Å². The molecule has 7 fully saturated rings. The van der Waals surface area contributed by atoms with Gasteiger partial charge >= 0.3 is 30.5 Å². The summed E-state index contributed by atoms with van der Waals surface area (Å²) in [5.74, 6) is -22.7. The minimum atomic E-state index is -4.07. The first-order chi connectivity index (χ1) is 56.6. The predicted molar refractivity (Wildman–Crippen MR) is 426 cm³/mol. The molecule has 7 saturated carbocycles. The van der Waals surface area contributed by atoms with Crippen LogP contribution in [-0.4, -0.2) is 224 Å². The van der Waals surface area contributed by atoms with Gasteiger partial charge in [-0.15, -0.1) is 0 Å². The van der Waals surface area contributed by atoms with Gasteiger partial charge in [0.15, 0.2) is 6.10 Å². The van der Waals surface area contributed by atoms with Crippen molar-refractivity contribution in [2.75, 3.05) is 6.26 Å². The lowest BCUT2D eigenvalue weighted by Gasteiger charge is -2.42. The first kappa shape index (κ1) is 113. The van der Waals surface area contributed by atoms with E-state index in [1.54, 1.807) is 104 Å². The number of alkyl carbamates (subject to hydrolysis) is 5. The van der Waals surface area contributed by atoms with Crippen LogP contribution in [0.3, 0.4) is 0 Å². The monoisotopic (exact) mass is 1850 g/mol. The second kappa shape index (κ2) is 45.9. The fraction of sp³-hybridized carbons (Fsp3) is 0.855. The van der Waals surface area contributed by atoms with Crippen LogP contribution in [0, 0.1) is 0 Å². The van der Waals surface area contributed by atoms with Crippen LogP contribution in [0.25, 0.3) is 31.3 Å². The summed E-state index contributed by atoms with van der Waals surface area (Å²) in [5.41, 5.74) is 21.6. The molecule has 125 heavy (non-hydrogen) atoms. The molecule has 7 aliphatic carbocycles. The van der Waals surface area contributed by atoms with Crippen molar-refractivity contribution < 1.29 is 147 Å². The second-order valence-corrected chi connectivity index (χ2v) is 37.8. The molecule has 0 unspecified atom stereocenters. The maximum absolute atomic E-state index is 13.9. The van der Waals surface area contributed by atoms with Gasteiger partial charge in [0, 0.05) is 77.8 Å². The lowest BCUT2D eigenvalue weighted by molar-refractivity contribution is -0.211. The molecule has 49 heteroatoms. The Morgan fingerprint density at radius 2 is 0.768 bits per heavy atom. The average molecular weight is 1850 g/mol. The highest BCUT2D eigenvalue weighted by atomic mass is 32.2. The number of ether oxygens (including phenoxy) is 5. The summed E-state index contributed by atoms with van der Waals surface area (Å²) in [6, 6.07) is 0.955. The summed E-state index contributed by atoms with van der Waals surface area (Å²) in [4.78, 5) is 64.9. The van der Waals surface area contributed by atoms with Gasteiger partial charge in [0.2, 0.25) is 11.4 Å². The van der Waals surface area contributed by atoms with Gasteiger partial charge in [-0.2, -0.15) is 8.42 Å². The Balaban J connectivity index is 0.000000497. The maximum Gasteiger partial charge on any atom is 0.408 e. The third-order valence-electron chi connectivity index (χ3n) is 19.3. The minimum Gasteiger partial charge on any atom is -0.444 e. The van der Waals surface area contributed by atoms with Crippen molar-refractivity contribution in [2.45, 2.75) is 405 Å². The molecule has 0 aromatic heterocycles. The zero-order valence-electron chi connectivity index (χ0n) is 73.1. The smallest absolute Gasteiger partial charge is 0.408 e. The van der Waals surface area contributed by atoms with Gasteiger partial charge in [0.1, 0.15) is 52.4 Å². The summed E-state index contributed by atoms with van der Waals surface area (Å²) in [5, 5.41) is 70.9. The van der Waals surface area contributed by atoms with Gasteiger partial charge in [-0.1, -0.05) is 45.7 Å². The summed E-state index contributed by atoms with van der Waals surface area (Å²) in [6.45, 7) is 26.4. The number of amides is 5. The van der Waals surface area contributed by atoms with Crippen LogP contribution in [0.4, 0.5) is 85.4 Å². The Hall–Kier alpha value is -7.85. The number of nitrogens with two attached hydrogens (primary N) is 1. The van der Waals surface area contributed by atoms with Crippen LogP contribution < -0.4 is 37.6 Å². The molecule has 0 heterocycles. The zero-order valence-corrected chi connectivity index (χ0v) is 73.9. The first-order valence-corrected chi connectivity index (χ1v) is 42.2. The van der Waals surface area contributed by atoms with Crippen LogP contribution in [0.2, 0.25) is 0 Å². The fourth-order valence-electron chi connectivity index (χ4n) is 13.5. The lowest BCUT2D eigenvalue weighted by Crippen LogP contribution is -2.63. The van der Waals surface area contributed by atoms with Crippen molar-refractivity contribution in [1.29, 1.82) is 0 Å². The van der Waals surface area contributed by atoms with Gasteiger partial charge in [-0.05, 0) is 223 Å². The third kappa shape index (κ3) is 38.5. The van der Waals surface area contributed by atoms with Gasteiger partial charge < -0.3 is 86.9 Å². The van der Waals surface area contributed by atoms with Crippen molar-refractivity contribution in [3.63, 3.8) is 0 Å². The molecule has 0 radical (unpaired) electrons. The number of benzene rings is 1. The molecule has 7 aliphatic rings. The zero-order chi connectivity index (χ0) is 96.6. The standard InChI is InChI=1S/C14H19F2NO.C12H21F2NO5S.2C11H18F2N4O3.C11H18F2N4O2.C11H19F2NO3.C6H11F2NO/c1-10(11-6-3-2-4-7-11)17-12-8-5-9-14(15,16)13(12)18;1-11(2,3)19-10(16)15-8-6-5-7-12(13,14)9(8)20-21(4,17)18;2*1-9(2,3)20-8(18)15-7-5-4-6-10(12,13)11(7,19)16-17-14;1-10(2,3)19-9(18)15-8-7(16-17-14)5-4-6-11(8,12)13;1-10(2,3)17-9(16)14-7-5-4-6-11(12,13)8(7)15;7-6(8)3-1-2-4(9)5(6)10/h2-4,6-7,10,12-13,17-18H,5,8-9H2,1H3;8-9H,5-7H2,1-4H3,(H,15,16);2*7,19H,4-6H2,1-3H3,(H,15,18);7-8H,4-6H2,1-3H3,(H,15,18);7-8,15H,4-6H2,1-3H3,(H,14,16);4-5,10H,1-3,9H2/t10-,12+,13-;8-,9+;2*7-,11+;2*7-,8+;4-,5+/m1000100/s1. The largest absolute Gasteiger partial charge is 0.444 e. The number of aliphatic hydroxyl groups excluding tert-OH is 3. The summed E-state index contributed by atoms with van der Waals surface area (Å²) >= 11 is 0.